The highest BCUT2D eigenvalue weighted by Crippen LogP contribution is 2.34. The van der Waals surface area contributed by atoms with Gasteiger partial charge >= 0.3 is 0 Å². The molecule has 2 aliphatic rings. The number of likely N-dealkylation sites (tertiary alicyclic amines) is 1. The first-order valence-corrected chi connectivity index (χ1v) is 12.6. The Morgan fingerprint density at radius 2 is 1.80 bits per heavy atom. The van der Waals surface area contributed by atoms with Crippen LogP contribution >= 0.6 is 11.8 Å². The van der Waals surface area contributed by atoms with Crippen LogP contribution in [0.4, 0.5) is 9.18 Å². The summed E-state index contributed by atoms with van der Waals surface area (Å²) in [4.78, 5) is 41.4. The molecule has 0 bridgehead atoms. The second kappa shape index (κ2) is 9.70. The van der Waals surface area contributed by atoms with Crippen molar-refractivity contribution in [1.29, 1.82) is 0 Å². The van der Waals surface area contributed by atoms with Gasteiger partial charge in [-0.1, -0.05) is 43.3 Å². The van der Waals surface area contributed by atoms with E-state index in [4.69, 9.17) is 0 Å². The van der Waals surface area contributed by atoms with Crippen molar-refractivity contribution in [3.05, 3.63) is 76.6 Å². The summed E-state index contributed by atoms with van der Waals surface area (Å²) < 4.78 is 16.2. The van der Waals surface area contributed by atoms with Crippen LogP contribution in [0.3, 0.4) is 0 Å². The Bertz CT molecular complexity index is 1340. The number of imide groups is 1. The lowest BCUT2D eigenvalue weighted by atomic mass is 9.99. The van der Waals surface area contributed by atoms with E-state index in [1.165, 1.54) is 6.07 Å². The minimum absolute atomic E-state index is 0.193. The minimum atomic E-state index is -0.454. The van der Waals surface area contributed by atoms with Gasteiger partial charge in [0.15, 0.2) is 0 Å². The number of aromatic nitrogens is 1. The van der Waals surface area contributed by atoms with Crippen LogP contribution in [0, 0.1) is 11.7 Å². The molecule has 2 fully saturated rings. The summed E-state index contributed by atoms with van der Waals surface area (Å²) in [5, 5.41) is 0.462. The molecule has 6 nitrogen and oxygen atoms in total. The third kappa shape index (κ3) is 4.75. The van der Waals surface area contributed by atoms with Gasteiger partial charge in [0.1, 0.15) is 12.4 Å². The van der Waals surface area contributed by atoms with E-state index in [2.05, 4.69) is 6.92 Å². The zero-order valence-corrected chi connectivity index (χ0v) is 20.3. The van der Waals surface area contributed by atoms with Crippen molar-refractivity contribution in [3.63, 3.8) is 0 Å². The molecule has 3 aromatic rings. The molecule has 0 saturated carbocycles. The van der Waals surface area contributed by atoms with Crippen LogP contribution < -0.4 is 0 Å². The number of amides is 3. The Labute approximate surface area is 207 Å². The standard InChI is InChI=1S/C27H26FN3O3S/c1-18-10-12-29(13-11-18)25(32)17-31-26(33)24(35-27(31)34)14-20-16-30(23-9-5-3-7-21(20)23)15-19-6-2-4-8-22(19)28/h2-9,14,16,18H,10-13,15,17H2,1H3. The van der Waals surface area contributed by atoms with Gasteiger partial charge in [-0.05, 0) is 48.7 Å². The second-order valence-electron chi connectivity index (χ2n) is 9.15. The molecular formula is C27H26FN3O3S. The van der Waals surface area contributed by atoms with Crippen LogP contribution in [0.5, 0.6) is 0 Å². The van der Waals surface area contributed by atoms with Crippen molar-refractivity contribution in [2.75, 3.05) is 19.6 Å². The van der Waals surface area contributed by atoms with Crippen molar-refractivity contribution in [1.82, 2.24) is 14.4 Å². The predicted octanol–water partition coefficient (Wildman–Crippen LogP) is 5.12. The molecule has 1 aromatic heterocycles. The zero-order chi connectivity index (χ0) is 24.5. The highest BCUT2D eigenvalue weighted by Gasteiger charge is 2.37. The lowest BCUT2D eigenvalue weighted by molar-refractivity contribution is -0.136. The number of thioether (sulfide) groups is 1. The van der Waals surface area contributed by atoms with Gasteiger partial charge in [0.25, 0.3) is 11.1 Å². The molecule has 0 spiro atoms. The van der Waals surface area contributed by atoms with E-state index in [9.17, 15) is 18.8 Å². The number of rotatable bonds is 5. The number of hydrogen-bond donors (Lipinski definition) is 0. The fraction of sp³-hybridized carbons (Fsp3) is 0.296. The van der Waals surface area contributed by atoms with Crippen molar-refractivity contribution in [3.8, 4) is 0 Å². The van der Waals surface area contributed by atoms with E-state index >= 15 is 0 Å². The second-order valence-corrected chi connectivity index (χ2v) is 10.1. The molecule has 2 aromatic carbocycles. The number of hydrogen-bond acceptors (Lipinski definition) is 4. The number of para-hydroxylation sites is 1. The van der Waals surface area contributed by atoms with Gasteiger partial charge in [-0.3, -0.25) is 19.3 Å². The summed E-state index contributed by atoms with van der Waals surface area (Å²) in [6.45, 7) is 3.59. The molecule has 0 atom stereocenters. The third-order valence-electron chi connectivity index (χ3n) is 6.71. The number of fused-ring (bicyclic) bond motifs is 1. The molecule has 0 unspecified atom stereocenters. The first-order valence-electron chi connectivity index (χ1n) is 11.7. The van der Waals surface area contributed by atoms with E-state index in [1.54, 1.807) is 29.2 Å². The van der Waals surface area contributed by atoms with Gasteiger partial charge in [-0.25, -0.2) is 4.39 Å². The smallest absolute Gasteiger partial charge is 0.294 e. The van der Waals surface area contributed by atoms with Gasteiger partial charge in [0.2, 0.25) is 5.91 Å². The average Bonchev–Trinajstić information content (AvgIpc) is 3.33. The lowest BCUT2D eigenvalue weighted by Gasteiger charge is -2.31. The Morgan fingerprint density at radius 3 is 2.57 bits per heavy atom. The van der Waals surface area contributed by atoms with Crippen LogP contribution in [-0.2, 0) is 16.1 Å². The summed E-state index contributed by atoms with van der Waals surface area (Å²) >= 11 is 0.848. The van der Waals surface area contributed by atoms with Crippen LogP contribution in [0.1, 0.15) is 30.9 Å². The normalized spacial score (nSPS) is 18.3. The number of piperidine rings is 1. The summed E-state index contributed by atoms with van der Waals surface area (Å²) in [6.07, 6.45) is 5.43. The molecule has 3 amide bonds. The Hall–Kier alpha value is -3.39. The molecule has 2 aliphatic heterocycles. The Balaban J connectivity index is 1.38. The van der Waals surface area contributed by atoms with Crippen LogP contribution in [0.2, 0.25) is 0 Å². The monoisotopic (exact) mass is 491 g/mol. The lowest BCUT2D eigenvalue weighted by Crippen LogP contribution is -2.45. The SMILES string of the molecule is CC1CCN(C(=O)CN2C(=O)SC(=Cc3cn(Cc4ccccc4F)c4ccccc34)C2=O)CC1. The van der Waals surface area contributed by atoms with Gasteiger partial charge < -0.3 is 9.47 Å². The maximum atomic E-state index is 14.3. The van der Waals surface area contributed by atoms with Crippen LogP contribution in [-0.4, -0.2) is 51.1 Å². The quantitative estimate of drug-likeness (QED) is 0.465. The van der Waals surface area contributed by atoms with Crippen molar-refractivity contribution >= 4 is 45.8 Å². The highest BCUT2D eigenvalue weighted by atomic mass is 32.2. The molecule has 5 rings (SSSR count). The predicted molar refractivity (Wildman–Crippen MR) is 135 cm³/mol. The van der Waals surface area contributed by atoms with Gasteiger partial charge in [0.05, 0.1) is 11.4 Å². The number of carbonyl (C=O) groups excluding carboxylic acids is 3. The number of halogens is 1. The molecule has 180 valence electrons. The molecule has 0 aliphatic carbocycles. The number of carbonyl (C=O) groups is 3. The van der Waals surface area contributed by atoms with Crippen molar-refractivity contribution in [2.24, 2.45) is 5.92 Å². The van der Waals surface area contributed by atoms with Crippen molar-refractivity contribution in [2.45, 2.75) is 26.3 Å². The Kier molecular flexibility index (Phi) is 6.47. The molecular weight excluding hydrogens is 465 g/mol. The van der Waals surface area contributed by atoms with Gasteiger partial charge in [-0.15, -0.1) is 0 Å². The fourth-order valence-electron chi connectivity index (χ4n) is 4.60. The number of nitrogens with zero attached hydrogens (tertiary/aromatic N) is 3. The van der Waals surface area contributed by atoms with Crippen molar-refractivity contribution < 1.29 is 18.8 Å². The first kappa shape index (κ1) is 23.4. The fourth-order valence-corrected chi connectivity index (χ4v) is 5.43. The van der Waals surface area contributed by atoms with E-state index in [0.717, 1.165) is 46.0 Å². The minimum Gasteiger partial charge on any atom is -0.342 e. The van der Waals surface area contributed by atoms with E-state index in [0.29, 0.717) is 31.1 Å². The summed E-state index contributed by atoms with van der Waals surface area (Å²) in [6, 6.07) is 14.3. The summed E-state index contributed by atoms with van der Waals surface area (Å²) in [5.41, 5.74) is 2.22. The maximum Gasteiger partial charge on any atom is 0.294 e. The van der Waals surface area contributed by atoms with Gasteiger partial charge in [-0.2, -0.15) is 0 Å². The topological polar surface area (TPSA) is 62.6 Å². The van der Waals surface area contributed by atoms with Gasteiger partial charge in [0, 0.05) is 41.3 Å². The first-order chi connectivity index (χ1) is 16.9. The number of benzene rings is 2. The van der Waals surface area contributed by atoms with Crippen LogP contribution in [0.25, 0.3) is 17.0 Å². The molecule has 0 N–H and O–H groups in total. The molecule has 0 radical (unpaired) electrons. The molecule has 2 saturated heterocycles. The summed E-state index contributed by atoms with van der Waals surface area (Å²) in [5.74, 6) is -0.341. The average molecular weight is 492 g/mol. The zero-order valence-electron chi connectivity index (χ0n) is 19.4. The molecule has 3 heterocycles. The highest BCUT2D eigenvalue weighted by molar-refractivity contribution is 8.18. The molecule has 8 heteroatoms. The van der Waals surface area contributed by atoms with E-state index in [1.807, 2.05) is 35.0 Å². The van der Waals surface area contributed by atoms with Crippen LogP contribution in [0.15, 0.2) is 59.6 Å². The third-order valence-corrected chi connectivity index (χ3v) is 7.62. The Morgan fingerprint density at radius 1 is 1.09 bits per heavy atom. The molecule has 35 heavy (non-hydrogen) atoms. The van der Waals surface area contributed by atoms with E-state index in [-0.39, 0.29) is 23.2 Å². The maximum absolute atomic E-state index is 14.3. The summed E-state index contributed by atoms with van der Waals surface area (Å²) in [7, 11) is 0. The largest absolute Gasteiger partial charge is 0.342 e. The van der Waals surface area contributed by atoms with E-state index < -0.39 is 11.1 Å².